The largest absolute Gasteiger partial charge is 0.351 e. The minimum atomic E-state index is -0.343. The van der Waals surface area contributed by atoms with Gasteiger partial charge < -0.3 is 10.6 Å². The Balaban J connectivity index is 1.78. The van der Waals surface area contributed by atoms with Crippen LogP contribution in [0.5, 0.6) is 0 Å². The summed E-state index contributed by atoms with van der Waals surface area (Å²) < 4.78 is 0. The molecule has 2 aliphatic rings. The van der Waals surface area contributed by atoms with Gasteiger partial charge in [0.1, 0.15) is 0 Å². The van der Waals surface area contributed by atoms with E-state index in [1.807, 2.05) is 30.3 Å². The Morgan fingerprint density at radius 2 is 2.20 bits per heavy atom. The van der Waals surface area contributed by atoms with E-state index < -0.39 is 0 Å². The first kappa shape index (κ1) is 12.7. The number of amides is 2. The number of allylic oxidation sites excluding steroid dienone is 1. The van der Waals surface area contributed by atoms with Gasteiger partial charge in [-0.2, -0.15) is 5.10 Å². The molecule has 1 atom stereocenters. The SMILES string of the molecule is NC(=O)N1CCCC(C2=NNc3ccccc3C=C2)C1. The van der Waals surface area contributed by atoms with Crippen LogP contribution in [0.3, 0.4) is 0 Å². The second-order valence-electron chi connectivity index (χ2n) is 5.19. The number of primary amides is 1. The van der Waals surface area contributed by atoms with Gasteiger partial charge in [0.2, 0.25) is 0 Å². The number of fused-ring (bicyclic) bond motifs is 1. The van der Waals surface area contributed by atoms with Crippen molar-refractivity contribution < 1.29 is 4.79 Å². The van der Waals surface area contributed by atoms with E-state index in [9.17, 15) is 4.79 Å². The molecule has 1 fully saturated rings. The molecule has 0 spiro atoms. The summed E-state index contributed by atoms with van der Waals surface area (Å²) in [5.41, 5.74) is 11.6. The van der Waals surface area contributed by atoms with Crippen LogP contribution in [0.1, 0.15) is 18.4 Å². The molecule has 1 aromatic rings. The number of nitrogens with zero attached hydrogens (tertiary/aromatic N) is 2. The molecule has 0 bridgehead atoms. The number of carbonyl (C=O) groups is 1. The number of nitrogens with one attached hydrogen (secondary N) is 1. The molecule has 5 heteroatoms. The number of para-hydroxylation sites is 1. The molecule has 1 unspecified atom stereocenters. The number of hydrogen-bond donors (Lipinski definition) is 2. The number of carbonyl (C=O) groups excluding carboxylic acids is 1. The Morgan fingerprint density at radius 3 is 3.05 bits per heavy atom. The zero-order valence-corrected chi connectivity index (χ0v) is 11.2. The van der Waals surface area contributed by atoms with Crippen molar-refractivity contribution in [2.75, 3.05) is 18.5 Å². The second-order valence-corrected chi connectivity index (χ2v) is 5.19. The monoisotopic (exact) mass is 270 g/mol. The quantitative estimate of drug-likeness (QED) is 0.821. The Morgan fingerprint density at radius 1 is 1.35 bits per heavy atom. The summed E-state index contributed by atoms with van der Waals surface area (Å²) in [7, 11) is 0. The normalized spacial score (nSPS) is 21.5. The van der Waals surface area contributed by atoms with E-state index in [-0.39, 0.29) is 11.9 Å². The molecular weight excluding hydrogens is 252 g/mol. The Kier molecular flexibility index (Phi) is 3.41. The van der Waals surface area contributed by atoms with Crippen molar-refractivity contribution in [3.8, 4) is 0 Å². The summed E-state index contributed by atoms with van der Waals surface area (Å²) in [6.07, 6.45) is 6.10. The van der Waals surface area contributed by atoms with Crippen LogP contribution < -0.4 is 11.2 Å². The van der Waals surface area contributed by atoms with Crippen LogP contribution in [0.4, 0.5) is 10.5 Å². The molecule has 2 amide bonds. The maximum Gasteiger partial charge on any atom is 0.314 e. The fourth-order valence-corrected chi connectivity index (χ4v) is 2.73. The van der Waals surface area contributed by atoms with Crippen molar-refractivity contribution in [3.63, 3.8) is 0 Å². The molecule has 2 heterocycles. The molecule has 0 aromatic heterocycles. The average molecular weight is 270 g/mol. The van der Waals surface area contributed by atoms with E-state index in [2.05, 4.69) is 16.6 Å². The summed E-state index contributed by atoms with van der Waals surface area (Å²) >= 11 is 0. The number of urea groups is 1. The summed E-state index contributed by atoms with van der Waals surface area (Å²) in [6, 6.07) is 7.70. The molecule has 2 aliphatic heterocycles. The number of benzene rings is 1. The number of hydrazone groups is 1. The van der Waals surface area contributed by atoms with Gasteiger partial charge in [-0.15, -0.1) is 0 Å². The minimum Gasteiger partial charge on any atom is -0.351 e. The fourth-order valence-electron chi connectivity index (χ4n) is 2.73. The van der Waals surface area contributed by atoms with E-state index in [0.717, 1.165) is 36.3 Å². The highest BCUT2D eigenvalue weighted by atomic mass is 16.2. The smallest absolute Gasteiger partial charge is 0.314 e. The van der Waals surface area contributed by atoms with Gasteiger partial charge in [0, 0.05) is 19.0 Å². The maximum absolute atomic E-state index is 11.3. The average Bonchev–Trinajstić information content (AvgIpc) is 2.70. The van der Waals surface area contributed by atoms with E-state index in [1.165, 1.54) is 0 Å². The topological polar surface area (TPSA) is 70.7 Å². The fraction of sp³-hybridized carbons (Fsp3) is 0.333. The number of piperidine rings is 1. The van der Waals surface area contributed by atoms with Crippen molar-refractivity contribution in [1.29, 1.82) is 0 Å². The van der Waals surface area contributed by atoms with E-state index >= 15 is 0 Å². The molecule has 0 saturated carbocycles. The Labute approximate surface area is 118 Å². The lowest BCUT2D eigenvalue weighted by Crippen LogP contribution is -2.44. The second kappa shape index (κ2) is 5.36. The number of likely N-dealkylation sites (tertiary alicyclic amines) is 1. The molecule has 0 aliphatic carbocycles. The first-order valence-corrected chi connectivity index (χ1v) is 6.89. The van der Waals surface area contributed by atoms with E-state index in [4.69, 9.17) is 5.73 Å². The Hall–Kier alpha value is -2.30. The van der Waals surface area contributed by atoms with Crippen LogP contribution in [0.2, 0.25) is 0 Å². The van der Waals surface area contributed by atoms with Crippen molar-refractivity contribution in [2.24, 2.45) is 16.8 Å². The van der Waals surface area contributed by atoms with Gasteiger partial charge in [-0.05, 0) is 30.5 Å². The van der Waals surface area contributed by atoms with Gasteiger partial charge in [0.15, 0.2) is 0 Å². The van der Waals surface area contributed by atoms with Gasteiger partial charge in [-0.3, -0.25) is 5.43 Å². The van der Waals surface area contributed by atoms with E-state index in [1.54, 1.807) is 4.90 Å². The van der Waals surface area contributed by atoms with E-state index in [0.29, 0.717) is 6.54 Å². The summed E-state index contributed by atoms with van der Waals surface area (Å²) in [4.78, 5) is 13.0. The van der Waals surface area contributed by atoms with Crippen LogP contribution in [0.15, 0.2) is 35.4 Å². The first-order valence-electron chi connectivity index (χ1n) is 6.89. The molecular formula is C15H18N4O. The zero-order chi connectivity index (χ0) is 13.9. The van der Waals surface area contributed by atoms with Crippen molar-refractivity contribution in [1.82, 2.24) is 4.90 Å². The van der Waals surface area contributed by atoms with Crippen molar-refractivity contribution in [3.05, 3.63) is 35.9 Å². The zero-order valence-electron chi connectivity index (χ0n) is 11.2. The molecule has 104 valence electrons. The predicted molar refractivity (Wildman–Crippen MR) is 80.4 cm³/mol. The van der Waals surface area contributed by atoms with Crippen molar-refractivity contribution in [2.45, 2.75) is 12.8 Å². The lowest BCUT2D eigenvalue weighted by atomic mass is 9.93. The number of nitrogens with two attached hydrogens (primary N) is 1. The molecule has 0 radical (unpaired) electrons. The highest BCUT2D eigenvalue weighted by Crippen LogP contribution is 2.23. The lowest BCUT2D eigenvalue weighted by molar-refractivity contribution is 0.187. The third-order valence-electron chi connectivity index (χ3n) is 3.85. The number of rotatable bonds is 1. The summed E-state index contributed by atoms with van der Waals surface area (Å²) in [6.45, 7) is 1.40. The first-order chi connectivity index (χ1) is 9.74. The number of anilines is 1. The molecule has 1 saturated heterocycles. The van der Waals surface area contributed by atoms with Crippen LogP contribution in [-0.4, -0.2) is 29.7 Å². The minimum absolute atomic E-state index is 0.245. The Bertz CT molecular complexity index is 579. The standard InChI is InChI=1S/C15H18N4O/c16-15(20)19-9-3-5-12(10-19)14-8-7-11-4-1-2-6-13(11)17-18-14/h1-2,4,6-8,12,17H,3,5,9-10H2,(H2,16,20). The maximum atomic E-state index is 11.3. The van der Waals surface area contributed by atoms with Crippen LogP contribution in [0, 0.1) is 5.92 Å². The third kappa shape index (κ3) is 2.52. The number of hydrogen-bond acceptors (Lipinski definition) is 3. The van der Waals surface area contributed by atoms with Crippen LogP contribution >= 0.6 is 0 Å². The van der Waals surface area contributed by atoms with Gasteiger partial charge in [-0.25, -0.2) is 4.79 Å². The molecule has 3 rings (SSSR count). The molecule has 5 nitrogen and oxygen atoms in total. The third-order valence-corrected chi connectivity index (χ3v) is 3.85. The van der Waals surface area contributed by atoms with Gasteiger partial charge >= 0.3 is 6.03 Å². The van der Waals surface area contributed by atoms with Gasteiger partial charge in [-0.1, -0.05) is 24.3 Å². The van der Waals surface area contributed by atoms with Gasteiger partial charge in [0.05, 0.1) is 11.4 Å². The van der Waals surface area contributed by atoms with Crippen molar-refractivity contribution >= 4 is 23.5 Å². The molecule has 1 aromatic carbocycles. The summed E-state index contributed by atoms with van der Waals surface area (Å²) in [5, 5.41) is 4.48. The highest BCUT2D eigenvalue weighted by Gasteiger charge is 2.25. The van der Waals surface area contributed by atoms with Gasteiger partial charge in [0.25, 0.3) is 0 Å². The lowest BCUT2D eigenvalue weighted by Gasteiger charge is -2.31. The predicted octanol–water partition coefficient (Wildman–Crippen LogP) is 2.27. The molecule has 3 N–H and O–H groups in total. The van der Waals surface area contributed by atoms with Crippen LogP contribution in [0.25, 0.3) is 6.08 Å². The van der Waals surface area contributed by atoms with Crippen LogP contribution in [-0.2, 0) is 0 Å². The molecule has 20 heavy (non-hydrogen) atoms. The highest BCUT2D eigenvalue weighted by molar-refractivity contribution is 6.02. The summed E-state index contributed by atoms with van der Waals surface area (Å²) in [5.74, 6) is 0.245.